The SMILES string of the molecule is O=C(O)C1COC(Cc2ccc(-c3noc(C(F)(F)F)n3)cc2)=N1. The van der Waals surface area contributed by atoms with E-state index in [1.807, 2.05) is 0 Å². The van der Waals surface area contributed by atoms with E-state index in [-0.39, 0.29) is 18.9 Å². The van der Waals surface area contributed by atoms with Gasteiger partial charge in [0.1, 0.15) is 6.61 Å². The van der Waals surface area contributed by atoms with Crippen LogP contribution < -0.4 is 0 Å². The highest BCUT2D eigenvalue weighted by atomic mass is 19.4. The topological polar surface area (TPSA) is 97.8 Å². The highest BCUT2D eigenvalue weighted by Gasteiger charge is 2.38. The second-order valence-electron chi connectivity index (χ2n) is 4.98. The molecule has 2 aromatic rings. The Morgan fingerprint density at radius 3 is 2.54 bits per heavy atom. The fourth-order valence-electron chi connectivity index (χ4n) is 2.05. The number of carboxylic acids is 1. The van der Waals surface area contributed by atoms with Crippen LogP contribution in [-0.4, -0.2) is 39.8 Å². The van der Waals surface area contributed by atoms with Crippen LogP contribution in [0.15, 0.2) is 33.8 Å². The zero-order valence-corrected chi connectivity index (χ0v) is 11.9. The van der Waals surface area contributed by atoms with Crippen LogP contribution in [0.4, 0.5) is 13.2 Å². The van der Waals surface area contributed by atoms with Crippen LogP contribution in [0.3, 0.4) is 0 Å². The third-order valence-corrected chi connectivity index (χ3v) is 3.23. The Balaban J connectivity index is 1.71. The van der Waals surface area contributed by atoms with Gasteiger partial charge in [-0.05, 0) is 5.56 Å². The van der Waals surface area contributed by atoms with Crippen molar-refractivity contribution in [3.8, 4) is 11.4 Å². The summed E-state index contributed by atoms with van der Waals surface area (Å²) in [4.78, 5) is 18.0. The van der Waals surface area contributed by atoms with Crippen molar-refractivity contribution in [1.82, 2.24) is 10.1 Å². The van der Waals surface area contributed by atoms with Crippen LogP contribution in [0.5, 0.6) is 0 Å². The number of carbonyl (C=O) groups is 1. The highest BCUT2D eigenvalue weighted by Crippen LogP contribution is 2.29. The van der Waals surface area contributed by atoms with E-state index < -0.39 is 24.1 Å². The summed E-state index contributed by atoms with van der Waals surface area (Å²) in [6.45, 7) is -0.00811. The van der Waals surface area contributed by atoms with Gasteiger partial charge in [-0.3, -0.25) is 0 Å². The van der Waals surface area contributed by atoms with E-state index >= 15 is 0 Å². The number of hydrogen-bond acceptors (Lipinski definition) is 6. The lowest BCUT2D eigenvalue weighted by atomic mass is 10.1. The third kappa shape index (κ3) is 3.36. The van der Waals surface area contributed by atoms with Gasteiger partial charge >= 0.3 is 18.0 Å². The second kappa shape index (κ2) is 5.95. The highest BCUT2D eigenvalue weighted by molar-refractivity contribution is 5.86. The van der Waals surface area contributed by atoms with Crippen LogP contribution in [0.2, 0.25) is 0 Å². The molecule has 2 heterocycles. The molecule has 1 aromatic carbocycles. The monoisotopic (exact) mass is 341 g/mol. The standard InChI is InChI=1S/C14H10F3N3O4/c15-14(16,17)13-19-11(20-24-13)8-3-1-7(2-4-8)5-10-18-9(6-23-10)12(21)22/h1-4,9H,5-6H2,(H,21,22). The summed E-state index contributed by atoms with van der Waals surface area (Å²) in [5.41, 5.74) is 1.11. The summed E-state index contributed by atoms with van der Waals surface area (Å²) < 4.78 is 46.7. The Bertz CT molecular complexity index is 783. The maximum absolute atomic E-state index is 12.4. The molecule has 7 nitrogen and oxygen atoms in total. The first-order valence-electron chi connectivity index (χ1n) is 6.75. The Hall–Kier alpha value is -2.91. The number of halogens is 3. The van der Waals surface area contributed by atoms with Crippen molar-refractivity contribution in [3.05, 3.63) is 35.7 Å². The lowest BCUT2D eigenvalue weighted by Gasteiger charge is -2.02. The zero-order valence-electron chi connectivity index (χ0n) is 11.9. The van der Waals surface area contributed by atoms with Crippen LogP contribution in [0.1, 0.15) is 11.5 Å². The fourth-order valence-corrected chi connectivity index (χ4v) is 2.05. The summed E-state index contributed by atoms with van der Waals surface area (Å²) in [7, 11) is 0. The number of benzene rings is 1. The van der Waals surface area contributed by atoms with Gasteiger partial charge in [-0.2, -0.15) is 18.2 Å². The number of alkyl halides is 3. The minimum absolute atomic E-state index is 0.00811. The number of ether oxygens (including phenoxy) is 1. The summed E-state index contributed by atoms with van der Waals surface area (Å²) >= 11 is 0. The third-order valence-electron chi connectivity index (χ3n) is 3.23. The van der Waals surface area contributed by atoms with Gasteiger partial charge < -0.3 is 14.4 Å². The first kappa shape index (κ1) is 16.0. The van der Waals surface area contributed by atoms with Crippen molar-refractivity contribution in [2.75, 3.05) is 6.61 Å². The molecule has 0 bridgehead atoms. The smallest absolute Gasteiger partial charge is 0.471 e. The maximum Gasteiger partial charge on any atom is 0.471 e. The Morgan fingerprint density at radius 1 is 1.29 bits per heavy atom. The first-order chi connectivity index (χ1) is 11.3. The van der Waals surface area contributed by atoms with Crippen molar-refractivity contribution < 1.29 is 32.3 Å². The zero-order chi connectivity index (χ0) is 17.3. The van der Waals surface area contributed by atoms with Crippen LogP contribution in [0.25, 0.3) is 11.4 Å². The van der Waals surface area contributed by atoms with E-state index in [9.17, 15) is 18.0 Å². The molecule has 0 aliphatic carbocycles. The summed E-state index contributed by atoms with van der Waals surface area (Å²) in [5, 5.41) is 12.1. The largest absolute Gasteiger partial charge is 0.480 e. The van der Waals surface area contributed by atoms with Gasteiger partial charge in [0.15, 0.2) is 11.9 Å². The maximum atomic E-state index is 12.4. The van der Waals surface area contributed by atoms with Crippen LogP contribution in [-0.2, 0) is 22.1 Å². The molecule has 1 atom stereocenters. The van der Waals surface area contributed by atoms with Gasteiger partial charge in [-0.1, -0.05) is 29.4 Å². The fraction of sp³-hybridized carbons (Fsp3) is 0.286. The van der Waals surface area contributed by atoms with Gasteiger partial charge in [0.2, 0.25) is 5.82 Å². The Labute approximate surface area is 132 Å². The summed E-state index contributed by atoms with van der Waals surface area (Å²) in [6, 6.07) is 5.44. The van der Waals surface area contributed by atoms with E-state index in [4.69, 9.17) is 9.84 Å². The molecule has 126 valence electrons. The molecule has 0 spiro atoms. The molecule has 1 aromatic heterocycles. The molecule has 1 unspecified atom stereocenters. The van der Waals surface area contributed by atoms with Gasteiger partial charge in [0.25, 0.3) is 0 Å². The average Bonchev–Trinajstić information content (AvgIpc) is 3.16. The van der Waals surface area contributed by atoms with Gasteiger partial charge in [0.05, 0.1) is 0 Å². The van der Waals surface area contributed by atoms with Crippen LogP contribution in [0, 0.1) is 0 Å². The lowest BCUT2D eigenvalue weighted by Crippen LogP contribution is -2.18. The van der Waals surface area contributed by atoms with E-state index in [0.717, 1.165) is 5.56 Å². The number of aromatic nitrogens is 2. The lowest BCUT2D eigenvalue weighted by molar-refractivity contribution is -0.159. The van der Waals surface area contributed by atoms with Crippen molar-refractivity contribution in [2.45, 2.75) is 18.6 Å². The normalized spacial score (nSPS) is 17.5. The second-order valence-corrected chi connectivity index (χ2v) is 4.98. The number of aliphatic imine (C=N–C) groups is 1. The average molecular weight is 341 g/mol. The predicted molar refractivity (Wildman–Crippen MR) is 73.3 cm³/mol. The van der Waals surface area contributed by atoms with E-state index in [0.29, 0.717) is 11.5 Å². The molecule has 0 amide bonds. The van der Waals surface area contributed by atoms with Gasteiger partial charge in [-0.15, -0.1) is 0 Å². The molecule has 3 rings (SSSR count). The quantitative estimate of drug-likeness (QED) is 0.915. The Kier molecular flexibility index (Phi) is 3.96. The number of carboxylic acid groups (broad SMARTS) is 1. The first-order valence-corrected chi connectivity index (χ1v) is 6.75. The van der Waals surface area contributed by atoms with E-state index in [1.54, 1.807) is 12.1 Å². The Morgan fingerprint density at radius 2 is 2.00 bits per heavy atom. The molecule has 0 radical (unpaired) electrons. The number of hydrogen-bond donors (Lipinski definition) is 1. The molecule has 0 saturated heterocycles. The summed E-state index contributed by atoms with van der Waals surface area (Å²) in [5.74, 6) is -2.34. The van der Waals surface area contributed by atoms with Crippen LogP contribution >= 0.6 is 0 Å². The minimum Gasteiger partial charge on any atom is -0.480 e. The van der Waals surface area contributed by atoms with Gasteiger partial charge in [-0.25, -0.2) is 9.79 Å². The van der Waals surface area contributed by atoms with E-state index in [2.05, 4.69) is 19.7 Å². The molecule has 1 aliphatic rings. The molecule has 0 fully saturated rings. The van der Waals surface area contributed by atoms with Crippen molar-refractivity contribution in [2.24, 2.45) is 4.99 Å². The van der Waals surface area contributed by atoms with Crippen molar-refractivity contribution in [3.63, 3.8) is 0 Å². The molecule has 24 heavy (non-hydrogen) atoms. The molecule has 10 heteroatoms. The molecule has 0 saturated carbocycles. The number of nitrogens with zero attached hydrogens (tertiary/aromatic N) is 3. The van der Waals surface area contributed by atoms with Crippen molar-refractivity contribution >= 4 is 11.9 Å². The number of aliphatic carboxylic acids is 1. The molecular weight excluding hydrogens is 331 g/mol. The number of rotatable bonds is 4. The summed E-state index contributed by atoms with van der Waals surface area (Å²) in [6.07, 6.45) is -4.41. The molecule has 1 N–H and O–H groups in total. The van der Waals surface area contributed by atoms with Gasteiger partial charge in [0, 0.05) is 12.0 Å². The molecule has 1 aliphatic heterocycles. The minimum atomic E-state index is -4.69. The van der Waals surface area contributed by atoms with E-state index in [1.165, 1.54) is 12.1 Å². The van der Waals surface area contributed by atoms with Crippen molar-refractivity contribution in [1.29, 1.82) is 0 Å². The predicted octanol–water partition coefficient (Wildman–Crippen LogP) is 2.18. The molecular formula is C14H10F3N3O4.